The lowest BCUT2D eigenvalue weighted by atomic mass is 10.2. The number of halogens is 1. The molecule has 2 unspecified atom stereocenters. The van der Waals surface area contributed by atoms with Gasteiger partial charge in [0.05, 0.1) is 6.54 Å². The van der Waals surface area contributed by atoms with Gasteiger partial charge in [0, 0.05) is 25.9 Å². The van der Waals surface area contributed by atoms with Crippen molar-refractivity contribution in [3.63, 3.8) is 0 Å². The van der Waals surface area contributed by atoms with Gasteiger partial charge < -0.3 is 14.6 Å². The standard InChI is InChI=1S/C9H15FN4O/c1-6-12-13-9(15-6)14-5-7(10)3-8(14)4-11-2/h7-8,11H,3-5H2,1-2H3. The van der Waals surface area contributed by atoms with Crippen LogP contribution >= 0.6 is 0 Å². The SMILES string of the molecule is CNCC1CC(F)CN1c1nnc(C)o1. The first-order valence-electron chi connectivity index (χ1n) is 5.06. The van der Waals surface area contributed by atoms with Crippen LogP contribution in [0, 0.1) is 6.92 Å². The second-order valence-electron chi connectivity index (χ2n) is 3.80. The molecule has 5 nitrogen and oxygen atoms in total. The Morgan fingerprint density at radius 3 is 3.00 bits per heavy atom. The maximum Gasteiger partial charge on any atom is 0.318 e. The molecule has 84 valence electrons. The largest absolute Gasteiger partial charge is 0.408 e. The first kappa shape index (κ1) is 10.4. The molecule has 2 heterocycles. The molecule has 6 heteroatoms. The number of aryl methyl sites for hydroxylation is 1. The number of nitrogens with one attached hydrogen (secondary N) is 1. The molecule has 1 aliphatic heterocycles. The van der Waals surface area contributed by atoms with Crippen molar-refractivity contribution in [3.05, 3.63) is 5.89 Å². The van der Waals surface area contributed by atoms with Gasteiger partial charge >= 0.3 is 6.01 Å². The van der Waals surface area contributed by atoms with E-state index in [2.05, 4.69) is 15.5 Å². The number of hydrogen-bond acceptors (Lipinski definition) is 5. The van der Waals surface area contributed by atoms with Gasteiger partial charge in [-0.25, -0.2) is 4.39 Å². The minimum absolute atomic E-state index is 0.102. The number of likely N-dealkylation sites (N-methyl/N-ethyl adjacent to an activating group) is 1. The van der Waals surface area contributed by atoms with Crippen LogP contribution in [0.25, 0.3) is 0 Å². The van der Waals surface area contributed by atoms with Gasteiger partial charge in [-0.15, -0.1) is 5.10 Å². The summed E-state index contributed by atoms with van der Waals surface area (Å²) >= 11 is 0. The molecule has 0 spiro atoms. The van der Waals surface area contributed by atoms with E-state index in [9.17, 15) is 4.39 Å². The van der Waals surface area contributed by atoms with Crippen molar-refractivity contribution in [2.24, 2.45) is 0 Å². The summed E-state index contributed by atoms with van der Waals surface area (Å²) in [7, 11) is 1.85. The third kappa shape index (κ3) is 2.09. The minimum Gasteiger partial charge on any atom is -0.408 e. The van der Waals surface area contributed by atoms with Crippen LogP contribution in [0.3, 0.4) is 0 Å². The van der Waals surface area contributed by atoms with E-state index < -0.39 is 6.17 Å². The molecule has 0 aliphatic carbocycles. The summed E-state index contributed by atoms with van der Waals surface area (Å²) in [6.45, 7) is 2.79. The molecule has 1 saturated heterocycles. The molecule has 0 aromatic carbocycles. The molecule has 2 atom stereocenters. The van der Waals surface area contributed by atoms with Crippen LogP contribution in [-0.2, 0) is 0 Å². The highest BCUT2D eigenvalue weighted by Crippen LogP contribution is 2.25. The zero-order valence-corrected chi connectivity index (χ0v) is 8.90. The summed E-state index contributed by atoms with van der Waals surface area (Å²) in [6.07, 6.45) is -0.294. The van der Waals surface area contributed by atoms with E-state index in [1.807, 2.05) is 11.9 Å². The van der Waals surface area contributed by atoms with Gasteiger partial charge in [-0.2, -0.15) is 0 Å². The fraction of sp³-hybridized carbons (Fsp3) is 0.778. The van der Waals surface area contributed by atoms with Crippen molar-refractivity contribution in [3.8, 4) is 0 Å². The van der Waals surface area contributed by atoms with Crippen LogP contribution in [-0.4, -0.2) is 42.5 Å². The third-order valence-corrected chi connectivity index (χ3v) is 2.56. The second kappa shape index (κ2) is 4.14. The molecule has 1 aromatic rings. The van der Waals surface area contributed by atoms with E-state index in [1.165, 1.54) is 0 Å². The lowest BCUT2D eigenvalue weighted by Crippen LogP contribution is -2.37. The second-order valence-corrected chi connectivity index (χ2v) is 3.80. The van der Waals surface area contributed by atoms with Crippen molar-refractivity contribution in [2.45, 2.75) is 25.6 Å². The van der Waals surface area contributed by atoms with Crippen LogP contribution in [0.2, 0.25) is 0 Å². The van der Waals surface area contributed by atoms with Crippen molar-refractivity contribution >= 4 is 6.01 Å². The predicted octanol–water partition coefficient (Wildman–Crippen LogP) is 0.514. The number of hydrogen-bond donors (Lipinski definition) is 1. The molecule has 1 aliphatic rings. The van der Waals surface area contributed by atoms with Gasteiger partial charge in [-0.1, -0.05) is 5.10 Å². The zero-order valence-electron chi connectivity index (χ0n) is 8.90. The Morgan fingerprint density at radius 2 is 2.40 bits per heavy atom. The Balaban J connectivity index is 2.12. The monoisotopic (exact) mass is 214 g/mol. The third-order valence-electron chi connectivity index (χ3n) is 2.56. The average Bonchev–Trinajstić information content (AvgIpc) is 2.73. The minimum atomic E-state index is -0.810. The fourth-order valence-corrected chi connectivity index (χ4v) is 1.93. The zero-order chi connectivity index (χ0) is 10.8. The van der Waals surface area contributed by atoms with Crippen molar-refractivity contribution in [2.75, 3.05) is 25.0 Å². The molecule has 1 N–H and O–H groups in total. The van der Waals surface area contributed by atoms with E-state index in [0.29, 0.717) is 24.9 Å². The van der Waals surface area contributed by atoms with Crippen molar-refractivity contribution < 1.29 is 8.81 Å². The van der Waals surface area contributed by atoms with Crippen LogP contribution in [0.4, 0.5) is 10.4 Å². The van der Waals surface area contributed by atoms with E-state index in [-0.39, 0.29) is 6.04 Å². The first-order valence-corrected chi connectivity index (χ1v) is 5.06. The van der Waals surface area contributed by atoms with Gasteiger partial charge in [-0.3, -0.25) is 0 Å². The van der Waals surface area contributed by atoms with Crippen molar-refractivity contribution in [1.29, 1.82) is 0 Å². The number of rotatable bonds is 3. The molecule has 0 amide bonds. The normalized spacial score (nSPS) is 26.2. The average molecular weight is 214 g/mol. The summed E-state index contributed by atoms with van der Waals surface area (Å²) < 4.78 is 18.6. The Kier molecular flexibility index (Phi) is 2.86. The molecule has 1 aromatic heterocycles. The molecule has 0 radical (unpaired) electrons. The maximum atomic E-state index is 13.3. The summed E-state index contributed by atoms with van der Waals surface area (Å²) in [6, 6.07) is 0.526. The van der Waals surface area contributed by atoms with Gasteiger partial charge in [0.15, 0.2) is 0 Å². The Hall–Kier alpha value is -1.17. The molecule has 0 bridgehead atoms. The summed E-state index contributed by atoms with van der Waals surface area (Å²) in [5.74, 6) is 0.510. The molecule has 2 rings (SSSR count). The molecule has 0 saturated carbocycles. The van der Waals surface area contributed by atoms with E-state index in [4.69, 9.17) is 4.42 Å². The highest BCUT2D eigenvalue weighted by atomic mass is 19.1. The number of aromatic nitrogens is 2. The predicted molar refractivity (Wildman–Crippen MR) is 53.6 cm³/mol. The fourth-order valence-electron chi connectivity index (χ4n) is 1.93. The summed E-state index contributed by atoms with van der Waals surface area (Å²) in [5.41, 5.74) is 0. The number of anilines is 1. The Labute approximate surface area is 87.7 Å². The Morgan fingerprint density at radius 1 is 1.60 bits per heavy atom. The van der Waals surface area contributed by atoms with Gasteiger partial charge in [0.1, 0.15) is 6.17 Å². The summed E-state index contributed by atoms with van der Waals surface area (Å²) in [4.78, 5) is 1.83. The molecular weight excluding hydrogens is 199 g/mol. The highest BCUT2D eigenvalue weighted by molar-refractivity contribution is 5.30. The number of nitrogens with zero attached hydrogens (tertiary/aromatic N) is 3. The molecule has 1 fully saturated rings. The smallest absolute Gasteiger partial charge is 0.318 e. The summed E-state index contributed by atoms with van der Waals surface area (Å²) in [5, 5.41) is 10.7. The van der Waals surface area contributed by atoms with Crippen LogP contribution in [0.1, 0.15) is 12.3 Å². The van der Waals surface area contributed by atoms with Crippen molar-refractivity contribution in [1.82, 2.24) is 15.5 Å². The van der Waals surface area contributed by atoms with Gasteiger partial charge in [0.2, 0.25) is 5.89 Å². The quantitative estimate of drug-likeness (QED) is 0.794. The van der Waals surface area contributed by atoms with E-state index >= 15 is 0 Å². The number of alkyl halides is 1. The topological polar surface area (TPSA) is 54.2 Å². The van der Waals surface area contributed by atoms with E-state index in [1.54, 1.807) is 6.92 Å². The van der Waals surface area contributed by atoms with Crippen LogP contribution in [0.15, 0.2) is 4.42 Å². The molecule has 15 heavy (non-hydrogen) atoms. The lowest BCUT2D eigenvalue weighted by molar-refractivity contribution is 0.355. The molecular formula is C9H15FN4O. The maximum absolute atomic E-state index is 13.3. The van der Waals surface area contributed by atoms with Crippen LogP contribution < -0.4 is 10.2 Å². The highest BCUT2D eigenvalue weighted by Gasteiger charge is 2.34. The van der Waals surface area contributed by atoms with E-state index in [0.717, 1.165) is 6.54 Å². The van der Waals surface area contributed by atoms with Gasteiger partial charge in [0.25, 0.3) is 0 Å². The Bertz CT molecular complexity index is 330. The lowest BCUT2D eigenvalue weighted by Gasteiger charge is -2.21. The van der Waals surface area contributed by atoms with Gasteiger partial charge in [-0.05, 0) is 7.05 Å². The van der Waals surface area contributed by atoms with Crippen LogP contribution in [0.5, 0.6) is 0 Å². The first-order chi connectivity index (χ1) is 7.20.